The van der Waals surface area contributed by atoms with Gasteiger partial charge >= 0.3 is 0 Å². The highest BCUT2D eigenvalue weighted by Crippen LogP contribution is 2.39. The summed E-state index contributed by atoms with van der Waals surface area (Å²) in [5.74, 6) is -0.338. The van der Waals surface area contributed by atoms with Gasteiger partial charge in [0, 0.05) is 6.54 Å². The van der Waals surface area contributed by atoms with Gasteiger partial charge in [-0.3, -0.25) is 14.5 Å². The van der Waals surface area contributed by atoms with Gasteiger partial charge in [0.25, 0.3) is 0 Å². The molecule has 0 bridgehead atoms. The smallest absolute Gasteiger partial charge is 0.250 e. The van der Waals surface area contributed by atoms with Crippen molar-refractivity contribution in [1.29, 1.82) is 0 Å². The van der Waals surface area contributed by atoms with Crippen LogP contribution in [0.4, 0.5) is 11.4 Å². The number of para-hydroxylation sites is 4. The lowest BCUT2D eigenvalue weighted by Gasteiger charge is -2.43. The van der Waals surface area contributed by atoms with Crippen molar-refractivity contribution >= 4 is 46.0 Å². The zero-order valence-corrected chi connectivity index (χ0v) is 18.1. The first-order valence-corrected chi connectivity index (χ1v) is 10.7. The number of imidazole rings is 1. The predicted octanol–water partition coefficient (Wildman–Crippen LogP) is 4.47. The molecule has 1 atom stereocenters. The molecule has 6 nitrogen and oxygen atoms in total. The Kier molecular flexibility index (Phi) is 5.15. The molecule has 0 spiro atoms. The second-order valence-electron chi connectivity index (χ2n) is 7.75. The molecular formula is C23H24N4O2S. The Morgan fingerprint density at radius 2 is 1.93 bits per heavy atom. The number of hydrogen-bond acceptors (Lipinski definition) is 4. The van der Waals surface area contributed by atoms with E-state index in [4.69, 9.17) is 4.98 Å². The minimum atomic E-state index is -0.999. The molecular weight excluding hydrogens is 396 g/mol. The first-order chi connectivity index (χ1) is 14.3. The third kappa shape index (κ3) is 3.29. The van der Waals surface area contributed by atoms with Gasteiger partial charge in [0.2, 0.25) is 11.8 Å². The molecule has 154 valence electrons. The number of aromatic nitrogens is 2. The van der Waals surface area contributed by atoms with Crippen LogP contribution < -0.4 is 10.2 Å². The van der Waals surface area contributed by atoms with Crippen molar-refractivity contribution in [3.63, 3.8) is 0 Å². The summed E-state index contributed by atoms with van der Waals surface area (Å²) in [5, 5.41) is 3.21. The molecule has 2 amide bonds. The van der Waals surface area contributed by atoms with Gasteiger partial charge in [0.15, 0.2) is 5.16 Å². The Morgan fingerprint density at radius 1 is 1.23 bits per heavy atom. The van der Waals surface area contributed by atoms with Gasteiger partial charge in [-0.1, -0.05) is 42.1 Å². The number of nitrogens with one attached hydrogen (secondary N) is 1. The molecule has 1 unspecified atom stereocenters. The van der Waals surface area contributed by atoms with Crippen molar-refractivity contribution in [1.82, 2.24) is 9.55 Å². The van der Waals surface area contributed by atoms with Crippen LogP contribution in [0.15, 0.2) is 66.3 Å². The highest BCUT2D eigenvalue weighted by molar-refractivity contribution is 8.00. The van der Waals surface area contributed by atoms with Gasteiger partial charge < -0.3 is 9.88 Å². The third-order valence-electron chi connectivity index (χ3n) is 5.29. The summed E-state index contributed by atoms with van der Waals surface area (Å²) in [7, 11) is 0. The summed E-state index contributed by atoms with van der Waals surface area (Å²) in [6.45, 7) is 9.83. The van der Waals surface area contributed by atoms with Crippen LogP contribution in [-0.2, 0) is 16.1 Å². The molecule has 1 N–H and O–H groups in total. The van der Waals surface area contributed by atoms with E-state index in [0.717, 1.165) is 16.2 Å². The quantitative estimate of drug-likeness (QED) is 0.489. The monoisotopic (exact) mass is 420 g/mol. The summed E-state index contributed by atoms with van der Waals surface area (Å²) in [6, 6.07) is 15.3. The Hall–Kier alpha value is -3.06. The lowest BCUT2D eigenvalue weighted by atomic mass is 9.96. The van der Waals surface area contributed by atoms with E-state index in [9.17, 15) is 9.59 Å². The molecule has 4 rings (SSSR count). The molecule has 0 saturated carbocycles. The zero-order valence-electron chi connectivity index (χ0n) is 17.3. The summed E-state index contributed by atoms with van der Waals surface area (Å²) in [5.41, 5.74) is 2.24. The van der Waals surface area contributed by atoms with Crippen LogP contribution in [0.5, 0.6) is 0 Å². The van der Waals surface area contributed by atoms with Crippen LogP contribution in [0, 0.1) is 0 Å². The van der Waals surface area contributed by atoms with Crippen molar-refractivity contribution in [3.8, 4) is 0 Å². The highest BCUT2D eigenvalue weighted by Gasteiger charge is 2.44. The largest absolute Gasteiger partial charge is 0.322 e. The molecule has 1 aromatic heterocycles. The second kappa shape index (κ2) is 7.65. The average molecular weight is 421 g/mol. The lowest BCUT2D eigenvalue weighted by Crippen LogP contribution is -2.60. The van der Waals surface area contributed by atoms with Crippen LogP contribution in [0.3, 0.4) is 0 Å². The molecule has 7 heteroatoms. The number of hydrogen-bond donors (Lipinski definition) is 1. The molecule has 0 aliphatic carbocycles. The number of amides is 2. The molecule has 3 aromatic rings. The maximum Gasteiger partial charge on any atom is 0.250 e. The molecule has 1 aliphatic rings. The van der Waals surface area contributed by atoms with Crippen molar-refractivity contribution in [2.75, 3.05) is 10.2 Å². The number of carbonyl (C=O) groups excluding carboxylic acids is 2. The number of nitrogens with zero attached hydrogens (tertiary/aromatic N) is 3. The van der Waals surface area contributed by atoms with Crippen LogP contribution in [0.1, 0.15) is 20.8 Å². The number of allylic oxidation sites excluding steroid dienone is 1. The van der Waals surface area contributed by atoms with E-state index >= 15 is 0 Å². The number of rotatable bonds is 5. The van der Waals surface area contributed by atoms with Crippen molar-refractivity contribution in [2.24, 2.45) is 0 Å². The number of carbonyl (C=O) groups is 2. The van der Waals surface area contributed by atoms with Crippen LogP contribution in [0.25, 0.3) is 11.0 Å². The fourth-order valence-corrected chi connectivity index (χ4v) is 4.66. The number of fused-ring (bicyclic) bond motifs is 2. The second-order valence-corrected chi connectivity index (χ2v) is 9.05. The van der Waals surface area contributed by atoms with Crippen molar-refractivity contribution in [2.45, 2.75) is 43.3 Å². The SMILES string of the molecule is C=CCn1c(SC(C)C(=O)N2c3ccccc3NC(=O)C2(C)C)nc2ccccc21. The predicted molar refractivity (Wildman–Crippen MR) is 122 cm³/mol. The Morgan fingerprint density at radius 3 is 2.70 bits per heavy atom. The van der Waals surface area contributed by atoms with Gasteiger partial charge in [0.05, 0.1) is 27.7 Å². The van der Waals surface area contributed by atoms with Crippen LogP contribution >= 0.6 is 11.8 Å². The zero-order chi connectivity index (χ0) is 21.5. The normalized spacial score (nSPS) is 16.1. The Bertz CT molecular complexity index is 1150. The van der Waals surface area contributed by atoms with Gasteiger partial charge in [0.1, 0.15) is 5.54 Å². The van der Waals surface area contributed by atoms with Crippen molar-refractivity contribution in [3.05, 3.63) is 61.2 Å². The van der Waals surface area contributed by atoms with Gasteiger partial charge in [-0.2, -0.15) is 0 Å². The van der Waals surface area contributed by atoms with Crippen molar-refractivity contribution < 1.29 is 9.59 Å². The first kappa shape index (κ1) is 20.2. The summed E-state index contributed by atoms with van der Waals surface area (Å²) >= 11 is 1.40. The van der Waals surface area contributed by atoms with E-state index in [1.54, 1.807) is 18.7 Å². The molecule has 0 saturated heterocycles. The number of thioether (sulfide) groups is 1. The van der Waals surface area contributed by atoms with E-state index in [1.807, 2.05) is 61.5 Å². The number of anilines is 2. The van der Waals surface area contributed by atoms with E-state index in [-0.39, 0.29) is 11.8 Å². The Balaban J connectivity index is 1.69. The summed E-state index contributed by atoms with van der Waals surface area (Å²) in [6.07, 6.45) is 1.82. The fourth-order valence-electron chi connectivity index (χ4n) is 3.69. The molecule has 1 aliphatic heterocycles. The molecule has 0 radical (unpaired) electrons. The first-order valence-electron chi connectivity index (χ1n) is 9.82. The molecule has 2 aromatic carbocycles. The van der Waals surface area contributed by atoms with Gasteiger partial charge in [-0.15, -0.1) is 6.58 Å². The van der Waals surface area contributed by atoms with E-state index in [2.05, 4.69) is 16.5 Å². The lowest BCUT2D eigenvalue weighted by molar-refractivity contribution is -0.126. The van der Waals surface area contributed by atoms with Gasteiger partial charge in [-0.25, -0.2) is 4.98 Å². The average Bonchev–Trinajstić information content (AvgIpc) is 3.06. The summed E-state index contributed by atoms with van der Waals surface area (Å²) in [4.78, 5) is 32.6. The van der Waals surface area contributed by atoms with Crippen LogP contribution in [-0.4, -0.2) is 32.2 Å². The number of benzene rings is 2. The van der Waals surface area contributed by atoms with E-state index < -0.39 is 10.8 Å². The maximum atomic E-state index is 13.6. The highest BCUT2D eigenvalue weighted by atomic mass is 32.2. The van der Waals surface area contributed by atoms with Crippen LogP contribution in [0.2, 0.25) is 0 Å². The van der Waals surface area contributed by atoms with E-state index in [0.29, 0.717) is 17.9 Å². The minimum absolute atomic E-state index is 0.135. The standard InChI is InChI=1S/C23H24N4O2S/c1-5-14-26-18-12-8-6-10-16(18)25-22(26)30-15(2)20(28)27-19-13-9-7-11-17(19)24-21(29)23(27,3)4/h5-13,15H,1,14H2,2-4H3,(H,24,29). The Labute approximate surface area is 180 Å². The minimum Gasteiger partial charge on any atom is -0.322 e. The third-order valence-corrected chi connectivity index (χ3v) is 6.37. The topological polar surface area (TPSA) is 67.2 Å². The molecule has 0 fully saturated rings. The van der Waals surface area contributed by atoms with E-state index in [1.165, 1.54) is 11.8 Å². The van der Waals surface area contributed by atoms with Gasteiger partial charge in [-0.05, 0) is 45.0 Å². The molecule has 30 heavy (non-hydrogen) atoms. The maximum absolute atomic E-state index is 13.6. The fraction of sp³-hybridized carbons (Fsp3) is 0.261. The molecule has 2 heterocycles. The summed E-state index contributed by atoms with van der Waals surface area (Å²) < 4.78 is 2.05.